The highest BCUT2D eigenvalue weighted by Crippen LogP contribution is 2.29. The molecule has 0 saturated heterocycles. The fraction of sp³-hybridized carbons (Fsp3) is 0.167. The van der Waals surface area contributed by atoms with Crippen LogP contribution in [0.4, 0.5) is 11.6 Å². The third-order valence-electron chi connectivity index (χ3n) is 2.21. The van der Waals surface area contributed by atoms with E-state index in [-0.39, 0.29) is 11.7 Å². The number of halogens is 1. The van der Waals surface area contributed by atoms with Gasteiger partial charge in [-0.15, -0.1) is 11.8 Å². The van der Waals surface area contributed by atoms with Gasteiger partial charge in [-0.05, 0) is 41.1 Å². The number of nitrogens with one attached hydrogen (secondary N) is 1. The SMILES string of the molecule is Cc1cc(NC(=O)CSc2ccc(N)cc2Br)on1. The number of rotatable bonds is 4. The smallest absolute Gasteiger partial charge is 0.237 e. The van der Waals surface area contributed by atoms with Crippen molar-refractivity contribution < 1.29 is 9.32 Å². The number of hydrogen-bond acceptors (Lipinski definition) is 5. The number of nitrogen functional groups attached to an aromatic ring is 1. The zero-order valence-electron chi connectivity index (χ0n) is 10.1. The van der Waals surface area contributed by atoms with Crippen LogP contribution in [0.1, 0.15) is 5.69 Å². The van der Waals surface area contributed by atoms with E-state index in [9.17, 15) is 4.79 Å². The highest BCUT2D eigenvalue weighted by Gasteiger charge is 2.08. The number of benzene rings is 1. The van der Waals surface area contributed by atoms with Crippen LogP contribution in [0.15, 0.2) is 38.2 Å². The van der Waals surface area contributed by atoms with Crippen LogP contribution in [0.5, 0.6) is 0 Å². The number of aromatic nitrogens is 1. The zero-order valence-corrected chi connectivity index (χ0v) is 12.5. The Labute approximate surface area is 123 Å². The molecule has 0 aliphatic carbocycles. The number of nitrogens with two attached hydrogens (primary N) is 1. The summed E-state index contributed by atoms with van der Waals surface area (Å²) in [5.74, 6) is 0.492. The van der Waals surface area contributed by atoms with E-state index in [2.05, 4.69) is 26.4 Å². The molecule has 2 rings (SSSR count). The van der Waals surface area contributed by atoms with Crippen molar-refractivity contribution in [3.05, 3.63) is 34.4 Å². The molecule has 2 aromatic rings. The maximum Gasteiger partial charge on any atom is 0.237 e. The zero-order chi connectivity index (χ0) is 13.8. The molecule has 0 saturated carbocycles. The average Bonchev–Trinajstić information content (AvgIpc) is 2.73. The molecule has 1 aromatic heterocycles. The second-order valence-corrected chi connectivity index (χ2v) is 5.73. The highest BCUT2D eigenvalue weighted by molar-refractivity contribution is 9.10. The second-order valence-electron chi connectivity index (χ2n) is 3.86. The quantitative estimate of drug-likeness (QED) is 0.659. The van der Waals surface area contributed by atoms with Gasteiger partial charge in [-0.3, -0.25) is 10.1 Å². The second kappa shape index (κ2) is 6.12. The van der Waals surface area contributed by atoms with E-state index in [4.69, 9.17) is 10.3 Å². The highest BCUT2D eigenvalue weighted by atomic mass is 79.9. The normalized spacial score (nSPS) is 10.4. The number of carbonyl (C=O) groups excluding carboxylic acids is 1. The minimum atomic E-state index is -0.148. The topological polar surface area (TPSA) is 81.2 Å². The molecule has 100 valence electrons. The van der Waals surface area contributed by atoms with Crippen LogP contribution in [0.3, 0.4) is 0 Å². The summed E-state index contributed by atoms with van der Waals surface area (Å²) in [7, 11) is 0. The molecule has 7 heteroatoms. The van der Waals surface area contributed by atoms with E-state index < -0.39 is 0 Å². The molecule has 1 amide bonds. The molecule has 0 aliphatic rings. The first-order valence-corrected chi connectivity index (χ1v) is 7.23. The first-order chi connectivity index (χ1) is 9.04. The Morgan fingerprint density at radius 3 is 2.95 bits per heavy atom. The Balaban J connectivity index is 1.89. The van der Waals surface area contributed by atoms with Gasteiger partial charge in [-0.25, -0.2) is 0 Å². The van der Waals surface area contributed by atoms with Crippen LogP contribution >= 0.6 is 27.7 Å². The lowest BCUT2D eigenvalue weighted by atomic mass is 10.3. The lowest BCUT2D eigenvalue weighted by molar-refractivity contribution is -0.113. The number of hydrogen-bond donors (Lipinski definition) is 2. The number of amides is 1. The fourth-order valence-corrected chi connectivity index (χ4v) is 2.83. The molecule has 0 fully saturated rings. The predicted octanol–water partition coefficient (Wildman–Crippen LogP) is 3.06. The first kappa shape index (κ1) is 14.0. The van der Waals surface area contributed by atoms with Crippen molar-refractivity contribution in [2.24, 2.45) is 0 Å². The summed E-state index contributed by atoms with van der Waals surface area (Å²) in [5.41, 5.74) is 7.05. The van der Waals surface area contributed by atoms with Crippen molar-refractivity contribution in [3.8, 4) is 0 Å². The molecule has 0 aliphatic heterocycles. The molecule has 1 heterocycles. The van der Waals surface area contributed by atoms with Crippen LogP contribution < -0.4 is 11.1 Å². The van der Waals surface area contributed by atoms with Crippen LogP contribution in [-0.4, -0.2) is 16.8 Å². The van der Waals surface area contributed by atoms with Gasteiger partial charge >= 0.3 is 0 Å². The fourth-order valence-electron chi connectivity index (χ4n) is 1.37. The summed E-state index contributed by atoms with van der Waals surface area (Å²) >= 11 is 4.82. The molecular weight excluding hydrogens is 330 g/mol. The number of thioether (sulfide) groups is 1. The Morgan fingerprint density at radius 1 is 1.53 bits per heavy atom. The molecule has 0 spiro atoms. The number of carbonyl (C=O) groups is 1. The van der Waals surface area contributed by atoms with Crippen molar-refractivity contribution in [2.75, 3.05) is 16.8 Å². The van der Waals surface area contributed by atoms with Crippen molar-refractivity contribution in [3.63, 3.8) is 0 Å². The van der Waals surface area contributed by atoms with Gasteiger partial charge in [0, 0.05) is 21.1 Å². The maximum atomic E-state index is 11.7. The summed E-state index contributed by atoms with van der Waals surface area (Å²) < 4.78 is 5.79. The lowest BCUT2D eigenvalue weighted by Gasteiger charge is -2.05. The lowest BCUT2D eigenvalue weighted by Crippen LogP contribution is -2.13. The molecule has 0 bridgehead atoms. The number of anilines is 2. The average molecular weight is 342 g/mol. The third-order valence-corrected chi connectivity index (χ3v) is 4.20. The van der Waals surface area contributed by atoms with E-state index in [1.54, 1.807) is 25.1 Å². The molecular formula is C12H12BrN3O2S. The number of aryl methyl sites for hydroxylation is 1. The van der Waals surface area contributed by atoms with Crippen LogP contribution in [0.2, 0.25) is 0 Å². The summed E-state index contributed by atoms with van der Waals surface area (Å²) in [5, 5.41) is 6.33. The van der Waals surface area contributed by atoms with Gasteiger partial charge in [0.1, 0.15) is 0 Å². The Kier molecular flexibility index (Phi) is 4.49. The molecule has 0 unspecified atom stereocenters. The van der Waals surface area contributed by atoms with Crippen molar-refractivity contribution in [1.82, 2.24) is 5.16 Å². The van der Waals surface area contributed by atoms with E-state index in [0.717, 1.165) is 15.1 Å². The molecule has 1 aromatic carbocycles. The monoisotopic (exact) mass is 341 g/mol. The molecule has 19 heavy (non-hydrogen) atoms. The standard InChI is InChI=1S/C12H12BrN3O2S/c1-7-4-12(18-16-7)15-11(17)6-19-10-3-2-8(14)5-9(10)13/h2-5H,6,14H2,1H3,(H,15,17). The van der Waals surface area contributed by atoms with Crippen LogP contribution in [-0.2, 0) is 4.79 Å². The largest absolute Gasteiger partial charge is 0.399 e. The molecule has 0 atom stereocenters. The van der Waals surface area contributed by atoms with Crippen molar-refractivity contribution >= 4 is 45.2 Å². The van der Waals surface area contributed by atoms with E-state index in [1.807, 2.05) is 6.07 Å². The van der Waals surface area contributed by atoms with Gasteiger partial charge in [-0.2, -0.15) is 0 Å². The van der Waals surface area contributed by atoms with Gasteiger partial charge in [-0.1, -0.05) is 5.16 Å². The minimum absolute atomic E-state index is 0.148. The van der Waals surface area contributed by atoms with Gasteiger partial charge in [0.25, 0.3) is 0 Å². The molecule has 0 radical (unpaired) electrons. The van der Waals surface area contributed by atoms with Gasteiger partial charge in [0.05, 0.1) is 11.4 Å². The van der Waals surface area contributed by atoms with E-state index in [1.165, 1.54) is 11.8 Å². The molecule has 3 N–H and O–H groups in total. The van der Waals surface area contributed by atoms with E-state index in [0.29, 0.717) is 11.6 Å². The van der Waals surface area contributed by atoms with E-state index >= 15 is 0 Å². The summed E-state index contributed by atoms with van der Waals surface area (Å²) in [6.45, 7) is 1.79. The Bertz CT molecular complexity index is 600. The number of nitrogens with zero attached hydrogens (tertiary/aromatic N) is 1. The van der Waals surface area contributed by atoms with Crippen LogP contribution in [0, 0.1) is 6.92 Å². The van der Waals surface area contributed by atoms with Gasteiger partial charge in [0.2, 0.25) is 11.8 Å². The first-order valence-electron chi connectivity index (χ1n) is 5.45. The Hall–Kier alpha value is -1.47. The third kappa shape index (κ3) is 4.00. The van der Waals surface area contributed by atoms with Gasteiger partial charge < -0.3 is 10.3 Å². The molecule has 5 nitrogen and oxygen atoms in total. The van der Waals surface area contributed by atoms with Crippen molar-refractivity contribution in [1.29, 1.82) is 0 Å². The van der Waals surface area contributed by atoms with Gasteiger partial charge in [0.15, 0.2) is 0 Å². The minimum Gasteiger partial charge on any atom is -0.399 e. The maximum absolute atomic E-state index is 11.7. The summed E-state index contributed by atoms with van der Waals surface area (Å²) in [6, 6.07) is 7.14. The Morgan fingerprint density at radius 2 is 2.32 bits per heavy atom. The predicted molar refractivity (Wildman–Crippen MR) is 79.1 cm³/mol. The summed E-state index contributed by atoms with van der Waals surface area (Å²) in [6.07, 6.45) is 0. The van der Waals surface area contributed by atoms with Crippen molar-refractivity contribution in [2.45, 2.75) is 11.8 Å². The summed E-state index contributed by atoms with van der Waals surface area (Å²) in [4.78, 5) is 12.7. The van der Waals surface area contributed by atoms with Crippen LogP contribution in [0.25, 0.3) is 0 Å².